The number of nitrogens with one attached hydrogen (secondary N) is 3. The number of aromatic amines is 1. The van der Waals surface area contributed by atoms with Crippen LogP contribution in [0.1, 0.15) is 18.4 Å². The van der Waals surface area contributed by atoms with Crippen molar-refractivity contribution in [2.75, 3.05) is 25.1 Å². The molecule has 0 aromatic carbocycles. The maximum atomic E-state index is 4.65. The molecule has 2 unspecified atom stereocenters. The van der Waals surface area contributed by atoms with Gasteiger partial charge in [0.05, 0.1) is 23.5 Å². The number of H-pyrrole nitrogens is 1. The number of hydrogen-bond acceptors (Lipinski definition) is 6. The third-order valence-corrected chi connectivity index (χ3v) is 4.86. The molecule has 0 bridgehead atoms. The highest BCUT2D eigenvalue weighted by Crippen LogP contribution is 2.26. The van der Waals surface area contributed by atoms with Crippen molar-refractivity contribution in [2.24, 2.45) is 15.9 Å². The fourth-order valence-corrected chi connectivity index (χ4v) is 3.54. The van der Waals surface area contributed by atoms with E-state index in [4.69, 9.17) is 0 Å². The van der Waals surface area contributed by atoms with Crippen LogP contribution >= 0.6 is 12.2 Å². The van der Waals surface area contributed by atoms with Crippen LogP contribution in [0.25, 0.3) is 0 Å². The van der Waals surface area contributed by atoms with Crippen molar-refractivity contribution in [2.45, 2.75) is 18.9 Å². The maximum absolute atomic E-state index is 4.65. The molecule has 3 aliphatic rings. The lowest BCUT2D eigenvalue weighted by atomic mass is 9.92. The van der Waals surface area contributed by atoms with Gasteiger partial charge in [0, 0.05) is 30.1 Å². The van der Waals surface area contributed by atoms with Gasteiger partial charge in [-0.25, -0.2) is 10.4 Å². The molecule has 1 aromatic rings. The van der Waals surface area contributed by atoms with Gasteiger partial charge >= 0.3 is 0 Å². The summed E-state index contributed by atoms with van der Waals surface area (Å²) < 4.78 is 0. The van der Waals surface area contributed by atoms with E-state index in [0.717, 1.165) is 43.0 Å². The van der Waals surface area contributed by atoms with Gasteiger partial charge in [-0.05, 0) is 37.0 Å². The Balaban J connectivity index is 1.46. The fourth-order valence-electron chi connectivity index (χ4n) is 3.46. The average molecular weight is 340 g/mol. The topological polar surface area (TPSA) is 67.8 Å². The normalized spacial score (nSPS) is 25.4. The third-order valence-electron chi connectivity index (χ3n) is 4.73. The van der Waals surface area contributed by atoms with Crippen molar-refractivity contribution in [3.63, 3.8) is 0 Å². The summed E-state index contributed by atoms with van der Waals surface area (Å²) >= 11 is 4.64. The highest BCUT2D eigenvalue weighted by molar-refractivity contribution is 7.78. The smallest absolute Gasteiger partial charge is 0.114 e. The van der Waals surface area contributed by atoms with Crippen LogP contribution in [0.4, 0.5) is 5.82 Å². The van der Waals surface area contributed by atoms with Gasteiger partial charge < -0.3 is 15.3 Å². The van der Waals surface area contributed by atoms with Gasteiger partial charge in [0.15, 0.2) is 0 Å². The molecule has 124 valence electrons. The lowest BCUT2D eigenvalue weighted by Gasteiger charge is -2.29. The largest absolute Gasteiger partial charge is 0.352 e. The summed E-state index contributed by atoms with van der Waals surface area (Å²) in [6.45, 7) is 2.18. The van der Waals surface area contributed by atoms with Crippen LogP contribution in [0.15, 0.2) is 46.2 Å². The molecule has 0 spiro atoms. The second-order valence-electron chi connectivity index (χ2n) is 6.23. The summed E-state index contributed by atoms with van der Waals surface area (Å²) in [4.78, 5) is 11.9. The molecule has 3 heterocycles. The van der Waals surface area contributed by atoms with Crippen LogP contribution in [0, 0.1) is 5.92 Å². The van der Waals surface area contributed by atoms with Gasteiger partial charge in [0.1, 0.15) is 12.5 Å². The molecule has 3 N–H and O–H groups in total. The highest BCUT2D eigenvalue weighted by Gasteiger charge is 2.26. The number of anilines is 1. The fraction of sp³-hybridized carbons (Fsp3) is 0.412. The molecule has 4 rings (SSSR count). The Hall–Kier alpha value is -2.21. The summed E-state index contributed by atoms with van der Waals surface area (Å²) in [5, 5.41) is 7.92. The highest BCUT2D eigenvalue weighted by atomic mass is 32.1. The van der Waals surface area contributed by atoms with Crippen LogP contribution in [0.2, 0.25) is 0 Å². The Kier molecular flexibility index (Phi) is 4.30. The van der Waals surface area contributed by atoms with Gasteiger partial charge in [-0.3, -0.25) is 4.99 Å². The van der Waals surface area contributed by atoms with E-state index in [1.807, 2.05) is 6.20 Å². The van der Waals surface area contributed by atoms with Gasteiger partial charge in [0.2, 0.25) is 0 Å². The monoisotopic (exact) mass is 340 g/mol. The SMILES string of the molecule is S=C=NCC1C=CC(N2C=C(C3=NCNc4[nH]ccc43)CN2)CC1. The van der Waals surface area contributed by atoms with Crippen LogP contribution in [-0.2, 0) is 0 Å². The standard InChI is InChI=1S/C17H20N6S/c24-11-18-7-12-1-3-14(4-2-12)23-9-13(8-22-23)16-15-5-6-19-17(15)21-10-20-16/h1,3,5-6,9,12,14,19,21-22H,2,4,7-8,10H2. The predicted molar refractivity (Wildman–Crippen MR) is 99.3 cm³/mol. The lowest BCUT2D eigenvalue weighted by molar-refractivity contribution is 0.231. The molecular weight excluding hydrogens is 320 g/mol. The minimum Gasteiger partial charge on any atom is -0.352 e. The number of thiocarbonyl (C=S) groups is 1. The summed E-state index contributed by atoms with van der Waals surface area (Å²) in [6, 6.07) is 2.45. The summed E-state index contributed by atoms with van der Waals surface area (Å²) in [6.07, 6.45) is 10.9. The van der Waals surface area contributed by atoms with Crippen LogP contribution in [0.3, 0.4) is 0 Å². The molecule has 2 aliphatic heterocycles. The van der Waals surface area contributed by atoms with E-state index in [9.17, 15) is 0 Å². The second kappa shape index (κ2) is 6.73. The van der Waals surface area contributed by atoms with E-state index < -0.39 is 0 Å². The van der Waals surface area contributed by atoms with Gasteiger partial charge in [-0.15, -0.1) is 0 Å². The second-order valence-corrected chi connectivity index (χ2v) is 6.41. The number of aromatic nitrogens is 1. The van der Waals surface area contributed by atoms with Crippen LogP contribution < -0.4 is 10.7 Å². The van der Waals surface area contributed by atoms with Crippen LogP contribution in [0.5, 0.6) is 0 Å². The van der Waals surface area contributed by atoms with E-state index in [0.29, 0.717) is 18.6 Å². The van der Waals surface area contributed by atoms with E-state index in [1.165, 1.54) is 5.57 Å². The number of hydrazine groups is 1. The van der Waals surface area contributed by atoms with Crippen molar-refractivity contribution in [1.82, 2.24) is 15.4 Å². The first-order chi connectivity index (χ1) is 11.8. The number of hydrogen-bond donors (Lipinski definition) is 3. The Morgan fingerprint density at radius 3 is 3.17 bits per heavy atom. The molecule has 2 atom stereocenters. The summed E-state index contributed by atoms with van der Waals surface area (Å²) in [7, 11) is 0. The van der Waals surface area contributed by atoms with E-state index >= 15 is 0 Å². The van der Waals surface area contributed by atoms with Gasteiger partial charge in [-0.1, -0.05) is 12.2 Å². The first-order valence-corrected chi connectivity index (χ1v) is 8.67. The molecular formula is C17H20N6S. The Morgan fingerprint density at radius 2 is 2.33 bits per heavy atom. The molecule has 6 nitrogen and oxygen atoms in total. The molecule has 24 heavy (non-hydrogen) atoms. The first kappa shape index (κ1) is 15.3. The number of nitrogens with zero attached hydrogens (tertiary/aromatic N) is 3. The zero-order chi connectivity index (χ0) is 16.4. The number of aliphatic imine (C=N–C) groups is 2. The van der Waals surface area contributed by atoms with Crippen molar-refractivity contribution in [1.29, 1.82) is 0 Å². The zero-order valence-electron chi connectivity index (χ0n) is 13.3. The van der Waals surface area contributed by atoms with E-state index in [-0.39, 0.29) is 0 Å². The number of rotatable bonds is 4. The van der Waals surface area contributed by atoms with Crippen LogP contribution in [-0.4, -0.2) is 46.7 Å². The van der Waals surface area contributed by atoms with Crippen molar-refractivity contribution < 1.29 is 0 Å². The van der Waals surface area contributed by atoms with Crippen molar-refractivity contribution >= 4 is 28.9 Å². The van der Waals surface area contributed by atoms with Crippen molar-refractivity contribution in [3.05, 3.63) is 41.8 Å². The molecule has 0 amide bonds. The molecule has 0 saturated heterocycles. The number of isothiocyanates is 1. The molecule has 0 fully saturated rings. The zero-order valence-corrected chi connectivity index (χ0v) is 14.1. The maximum Gasteiger partial charge on any atom is 0.114 e. The average Bonchev–Trinajstić information content (AvgIpc) is 3.29. The Bertz CT molecular complexity index is 755. The molecule has 1 aliphatic carbocycles. The van der Waals surface area contributed by atoms with E-state index in [2.05, 4.69) is 72.5 Å². The molecule has 0 radical (unpaired) electrons. The van der Waals surface area contributed by atoms with Gasteiger partial charge in [-0.2, -0.15) is 0 Å². The third kappa shape index (κ3) is 2.94. The van der Waals surface area contributed by atoms with E-state index in [1.54, 1.807) is 0 Å². The molecule has 1 aromatic heterocycles. The Labute approximate surface area is 146 Å². The minimum atomic E-state index is 0.378. The molecule has 0 saturated carbocycles. The van der Waals surface area contributed by atoms with Gasteiger partial charge in [0.25, 0.3) is 0 Å². The quantitative estimate of drug-likeness (QED) is 0.447. The summed E-state index contributed by atoms with van der Waals surface area (Å²) in [5.74, 6) is 1.54. The summed E-state index contributed by atoms with van der Waals surface area (Å²) in [5.41, 5.74) is 6.94. The lowest BCUT2D eigenvalue weighted by Crippen LogP contribution is -2.39. The minimum absolute atomic E-state index is 0.378. The Morgan fingerprint density at radius 1 is 1.38 bits per heavy atom. The van der Waals surface area contributed by atoms with Crippen molar-refractivity contribution in [3.8, 4) is 0 Å². The molecule has 7 heteroatoms. The first-order valence-electron chi connectivity index (χ1n) is 8.26. The predicted octanol–water partition coefficient (Wildman–Crippen LogP) is 2.33. The number of fused-ring (bicyclic) bond motifs is 1.